The molecule has 1 heterocycles. The Kier molecular flexibility index (Phi) is 3.12. The monoisotopic (exact) mass is 242 g/mol. The summed E-state index contributed by atoms with van der Waals surface area (Å²) >= 11 is 5.55. The number of hydrogen-bond acceptors (Lipinski definition) is 2. The van der Waals surface area contributed by atoms with Crippen LogP contribution in [0.2, 0.25) is 5.02 Å². The highest BCUT2D eigenvalue weighted by Gasteiger charge is 2.24. The first-order chi connectivity index (χ1) is 7.58. The Bertz CT molecular complexity index is 424. The van der Waals surface area contributed by atoms with Crippen molar-refractivity contribution in [2.75, 3.05) is 13.1 Å². The van der Waals surface area contributed by atoms with E-state index in [2.05, 4.69) is 0 Å². The molecule has 0 radical (unpaired) electrons. The number of hydrogen-bond donors (Lipinski definition) is 1. The molecule has 1 aliphatic rings. The zero-order valence-corrected chi connectivity index (χ0v) is 9.38. The highest BCUT2D eigenvalue weighted by molar-refractivity contribution is 6.30. The van der Waals surface area contributed by atoms with E-state index in [1.54, 1.807) is 4.90 Å². The number of benzene rings is 1. The molecule has 1 saturated heterocycles. The maximum atomic E-state index is 13.2. The van der Waals surface area contributed by atoms with Gasteiger partial charge in [-0.25, -0.2) is 4.39 Å². The molecule has 0 unspecified atom stereocenters. The van der Waals surface area contributed by atoms with Crippen molar-refractivity contribution in [1.82, 2.24) is 4.90 Å². The fraction of sp³-hybridized carbons (Fsp3) is 0.364. The number of carbonyl (C=O) groups is 1. The smallest absolute Gasteiger partial charge is 0.254 e. The molecular formula is C11H12ClFN2O. The van der Waals surface area contributed by atoms with Crippen LogP contribution in [0.4, 0.5) is 4.39 Å². The van der Waals surface area contributed by atoms with E-state index in [9.17, 15) is 9.18 Å². The number of halogens is 2. The molecule has 1 amide bonds. The van der Waals surface area contributed by atoms with Gasteiger partial charge in [0.1, 0.15) is 5.82 Å². The minimum Gasteiger partial charge on any atom is -0.337 e. The summed E-state index contributed by atoms with van der Waals surface area (Å²) in [6.45, 7) is 1.16. The zero-order valence-electron chi connectivity index (χ0n) is 8.62. The average molecular weight is 243 g/mol. The molecule has 2 rings (SSSR count). The minimum atomic E-state index is -0.573. The number of likely N-dealkylation sites (tertiary alicyclic amines) is 1. The summed E-state index contributed by atoms with van der Waals surface area (Å²) in [6, 6.07) is 4.10. The molecule has 86 valence electrons. The van der Waals surface area contributed by atoms with Gasteiger partial charge in [-0.05, 0) is 24.6 Å². The SMILES string of the molecule is N[C@H]1CCN(C(=O)c2ccc(Cl)c(F)c2)C1. The Labute approximate surface area is 98.0 Å². The molecule has 0 aliphatic carbocycles. The van der Waals surface area contributed by atoms with Gasteiger partial charge in [0.2, 0.25) is 0 Å². The normalized spacial score (nSPS) is 20.2. The van der Waals surface area contributed by atoms with E-state index in [-0.39, 0.29) is 17.0 Å². The van der Waals surface area contributed by atoms with Gasteiger partial charge in [-0.3, -0.25) is 4.79 Å². The average Bonchev–Trinajstić information content (AvgIpc) is 2.68. The summed E-state index contributed by atoms with van der Waals surface area (Å²) in [5.74, 6) is -0.764. The molecule has 2 N–H and O–H groups in total. The van der Waals surface area contributed by atoms with Crippen molar-refractivity contribution in [2.45, 2.75) is 12.5 Å². The lowest BCUT2D eigenvalue weighted by Gasteiger charge is -2.15. The summed E-state index contributed by atoms with van der Waals surface area (Å²) in [4.78, 5) is 13.5. The first-order valence-corrected chi connectivity index (χ1v) is 5.45. The summed E-state index contributed by atoms with van der Waals surface area (Å²) in [6.07, 6.45) is 0.793. The Balaban J connectivity index is 2.18. The quantitative estimate of drug-likeness (QED) is 0.814. The molecule has 3 nitrogen and oxygen atoms in total. The van der Waals surface area contributed by atoms with E-state index in [4.69, 9.17) is 17.3 Å². The molecule has 5 heteroatoms. The molecule has 1 aliphatic heterocycles. The highest BCUT2D eigenvalue weighted by Crippen LogP contribution is 2.18. The van der Waals surface area contributed by atoms with Crippen LogP contribution in [-0.4, -0.2) is 29.9 Å². The van der Waals surface area contributed by atoms with E-state index < -0.39 is 5.82 Å². The van der Waals surface area contributed by atoms with Crippen molar-refractivity contribution < 1.29 is 9.18 Å². The number of carbonyl (C=O) groups excluding carboxylic acids is 1. The van der Waals surface area contributed by atoms with E-state index in [1.807, 2.05) is 0 Å². The van der Waals surface area contributed by atoms with Gasteiger partial charge in [0.25, 0.3) is 5.91 Å². The summed E-state index contributed by atoms with van der Waals surface area (Å²) in [7, 11) is 0. The second kappa shape index (κ2) is 4.39. The molecular weight excluding hydrogens is 231 g/mol. The predicted molar refractivity (Wildman–Crippen MR) is 59.9 cm³/mol. The van der Waals surface area contributed by atoms with Gasteiger partial charge in [-0.15, -0.1) is 0 Å². The van der Waals surface area contributed by atoms with Crippen molar-refractivity contribution >= 4 is 17.5 Å². The molecule has 0 saturated carbocycles. The Morgan fingerprint density at radius 1 is 1.56 bits per heavy atom. The number of rotatable bonds is 1. The second-order valence-electron chi connectivity index (χ2n) is 3.93. The Morgan fingerprint density at radius 2 is 2.31 bits per heavy atom. The van der Waals surface area contributed by atoms with Crippen LogP contribution in [0, 0.1) is 5.82 Å². The minimum absolute atomic E-state index is 0.0228. The van der Waals surface area contributed by atoms with Crippen LogP contribution < -0.4 is 5.73 Å². The van der Waals surface area contributed by atoms with Crippen molar-refractivity contribution in [3.63, 3.8) is 0 Å². The third-order valence-electron chi connectivity index (χ3n) is 2.68. The van der Waals surface area contributed by atoms with Gasteiger partial charge in [0.15, 0.2) is 0 Å². The molecule has 1 aromatic carbocycles. The van der Waals surface area contributed by atoms with E-state index in [1.165, 1.54) is 12.1 Å². The van der Waals surface area contributed by atoms with Gasteiger partial charge in [-0.1, -0.05) is 11.6 Å². The lowest BCUT2D eigenvalue weighted by molar-refractivity contribution is 0.0790. The third kappa shape index (κ3) is 2.18. The van der Waals surface area contributed by atoms with Crippen LogP contribution in [0.1, 0.15) is 16.8 Å². The van der Waals surface area contributed by atoms with E-state index in [0.29, 0.717) is 18.7 Å². The fourth-order valence-electron chi connectivity index (χ4n) is 1.78. The molecule has 0 spiro atoms. The van der Waals surface area contributed by atoms with E-state index >= 15 is 0 Å². The van der Waals surface area contributed by atoms with Crippen LogP contribution in [0.25, 0.3) is 0 Å². The molecule has 0 bridgehead atoms. The molecule has 1 fully saturated rings. The van der Waals surface area contributed by atoms with Crippen LogP contribution >= 0.6 is 11.6 Å². The van der Waals surface area contributed by atoms with Gasteiger partial charge < -0.3 is 10.6 Å². The van der Waals surface area contributed by atoms with Crippen molar-refractivity contribution in [1.29, 1.82) is 0 Å². The topological polar surface area (TPSA) is 46.3 Å². The van der Waals surface area contributed by atoms with Crippen molar-refractivity contribution in [2.24, 2.45) is 5.73 Å². The summed E-state index contributed by atoms with van der Waals surface area (Å²) < 4.78 is 13.2. The Hall–Kier alpha value is -1.13. The Morgan fingerprint density at radius 3 is 2.88 bits per heavy atom. The number of amides is 1. The highest BCUT2D eigenvalue weighted by atomic mass is 35.5. The maximum Gasteiger partial charge on any atom is 0.254 e. The van der Waals surface area contributed by atoms with Crippen molar-refractivity contribution in [3.8, 4) is 0 Å². The lowest BCUT2D eigenvalue weighted by Crippen LogP contribution is -2.31. The first-order valence-electron chi connectivity index (χ1n) is 5.08. The van der Waals surface area contributed by atoms with Gasteiger partial charge in [0.05, 0.1) is 5.02 Å². The predicted octanol–water partition coefficient (Wildman–Crippen LogP) is 1.65. The second-order valence-corrected chi connectivity index (χ2v) is 4.34. The third-order valence-corrected chi connectivity index (χ3v) is 2.98. The molecule has 0 aromatic heterocycles. The lowest BCUT2D eigenvalue weighted by atomic mass is 10.2. The number of nitrogens with zero attached hydrogens (tertiary/aromatic N) is 1. The molecule has 1 atom stereocenters. The number of nitrogens with two attached hydrogens (primary N) is 1. The fourth-order valence-corrected chi connectivity index (χ4v) is 1.90. The van der Waals surface area contributed by atoms with Gasteiger partial charge in [0, 0.05) is 24.7 Å². The van der Waals surface area contributed by atoms with Gasteiger partial charge in [-0.2, -0.15) is 0 Å². The van der Waals surface area contributed by atoms with E-state index in [0.717, 1.165) is 12.5 Å². The summed E-state index contributed by atoms with van der Waals surface area (Å²) in [5, 5.41) is 0.0228. The zero-order chi connectivity index (χ0) is 11.7. The van der Waals surface area contributed by atoms with Crippen molar-refractivity contribution in [3.05, 3.63) is 34.6 Å². The van der Waals surface area contributed by atoms with Crippen LogP contribution in [-0.2, 0) is 0 Å². The van der Waals surface area contributed by atoms with Gasteiger partial charge >= 0.3 is 0 Å². The van der Waals surface area contributed by atoms with Crippen LogP contribution in [0.15, 0.2) is 18.2 Å². The first kappa shape index (κ1) is 11.4. The largest absolute Gasteiger partial charge is 0.337 e. The molecule has 1 aromatic rings. The molecule has 16 heavy (non-hydrogen) atoms. The summed E-state index contributed by atoms with van der Waals surface area (Å²) in [5.41, 5.74) is 6.02. The standard InChI is InChI=1S/C11H12ClFN2O/c12-9-2-1-7(5-10(9)13)11(16)15-4-3-8(14)6-15/h1-2,5,8H,3-4,6,14H2/t8-/m0/s1. The van der Waals surface area contributed by atoms with Crippen LogP contribution in [0.5, 0.6) is 0 Å². The maximum absolute atomic E-state index is 13.2. The van der Waals surface area contributed by atoms with Crippen LogP contribution in [0.3, 0.4) is 0 Å².